The maximum absolute atomic E-state index is 13.4. The van der Waals surface area contributed by atoms with E-state index in [1.807, 2.05) is 44.2 Å². The van der Waals surface area contributed by atoms with Crippen LogP contribution in [0, 0.1) is 11.8 Å². The highest BCUT2D eigenvalue weighted by Crippen LogP contribution is 2.40. The Morgan fingerprint density at radius 3 is 1.88 bits per heavy atom. The molecule has 0 spiro atoms. The molecule has 4 heterocycles. The Morgan fingerprint density at radius 1 is 0.815 bits per heavy atom. The summed E-state index contributed by atoms with van der Waals surface area (Å²) in [7, 11) is 0. The summed E-state index contributed by atoms with van der Waals surface area (Å²) in [4.78, 5) is 41.7. The first-order valence-electron chi connectivity index (χ1n) is 20.8. The van der Waals surface area contributed by atoms with Crippen molar-refractivity contribution < 1.29 is 71.6 Å². The second-order valence-electron chi connectivity index (χ2n) is 15.7. The summed E-state index contributed by atoms with van der Waals surface area (Å²) in [6.07, 6.45) is -13.8. The normalized spacial score (nSPS) is 35.1. The predicted molar refractivity (Wildman–Crippen MR) is 233 cm³/mol. The van der Waals surface area contributed by atoms with Gasteiger partial charge in [0.25, 0.3) is 0 Å². The molecular weight excluding hydrogens is 991 g/mol. The lowest BCUT2D eigenvalue weighted by molar-refractivity contribution is -0.381. The summed E-state index contributed by atoms with van der Waals surface area (Å²) in [5.41, 5.74) is 9.49. The summed E-state index contributed by atoms with van der Waals surface area (Å²) in [6.45, 7) is 7.08. The molecule has 1 aromatic rings. The third-order valence-electron chi connectivity index (χ3n) is 11.0. The van der Waals surface area contributed by atoms with Gasteiger partial charge in [0, 0.05) is 35.8 Å². The molecule has 26 heteroatoms. The minimum Gasteiger partial charge on any atom is -0.454 e. The van der Waals surface area contributed by atoms with Gasteiger partial charge in [-0.1, -0.05) is 133 Å². The van der Waals surface area contributed by atoms with Gasteiger partial charge in [0.1, 0.15) is 31.5 Å². The van der Waals surface area contributed by atoms with E-state index in [9.17, 15) is 19.5 Å². The van der Waals surface area contributed by atoms with Gasteiger partial charge >= 0.3 is 18.2 Å². The van der Waals surface area contributed by atoms with E-state index in [4.69, 9.17) is 127 Å². The largest absolute Gasteiger partial charge is 0.454 e. The molecule has 4 aliphatic heterocycles. The number of alkyl halides is 6. The number of carbonyl (C=O) groups is 3. The highest BCUT2D eigenvalue weighted by molar-refractivity contribution is 6.68. The van der Waals surface area contributed by atoms with Crippen LogP contribution in [0.5, 0.6) is 0 Å². The van der Waals surface area contributed by atoms with Crippen molar-refractivity contribution in [3.8, 4) is 0 Å². The predicted octanol–water partition coefficient (Wildman–Crippen LogP) is 6.69. The highest BCUT2D eigenvalue weighted by Gasteiger charge is 2.55. The number of esters is 1. The van der Waals surface area contributed by atoms with Crippen LogP contribution < -0.4 is 10.6 Å². The molecule has 4 saturated heterocycles. The van der Waals surface area contributed by atoms with Gasteiger partial charge in [-0.25, -0.2) is 9.59 Å². The summed E-state index contributed by atoms with van der Waals surface area (Å²) < 4.78 is 63.0. The molecular formula is C39H53Cl6N5O15. The number of rotatable bonds is 16. The Morgan fingerprint density at radius 2 is 1.35 bits per heavy atom. The van der Waals surface area contributed by atoms with Crippen molar-refractivity contribution in [2.24, 2.45) is 17.0 Å². The molecule has 4 fully saturated rings. The quantitative estimate of drug-likeness (QED) is 0.0297. The molecule has 65 heavy (non-hydrogen) atoms. The molecule has 3 N–H and O–H groups in total. The third kappa shape index (κ3) is 15.2. The van der Waals surface area contributed by atoms with E-state index >= 15 is 0 Å². The van der Waals surface area contributed by atoms with Crippen molar-refractivity contribution in [3.05, 3.63) is 46.3 Å². The standard InChI is InChI=1S/C39H53Cl6N5O15/c1-6-22-28(18(3)25(33(60-22)55-14-13-47-50-46)48-36(53)57-16-38(40,41)42)63-34-26(49-37(54)58-17-39(43,44)45)19(4)29(23(7-2)61-34)64-35-31(59-20(5)51)27(52)30-24(62-35)15-56-32(65-30)21-11-9-8-10-12-21/h8-12,18-19,22-35,52H,6-7,13-17H2,1-5H3,(H,48,53)(H,49,54)/t18-,19-,22?,23?,24?,25?,26?,27+,28+,29+,30-,31?,32?,33-,34+,35+/m1/s1. The number of fused-ring (bicyclic) bond motifs is 1. The smallest absolute Gasteiger partial charge is 0.407 e. The molecule has 7 unspecified atom stereocenters. The summed E-state index contributed by atoms with van der Waals surface area (Å²) >= 11 is 35.1. The van der Waals surface area contributed by atoms with E-state index in [1.165, 1.54) is 6.92 Å². The van der Waals surface area contributed by atoms with E-state index in [0.29, 0.717) is 18.4 Å². The van der Waals surface area contributed by atoms with Gasteiger partial charge in [-0.15, -0.1) is 0 Å². The van der Waals surface area contributed by atoms with Crippen LogP contribution in [0.15, 0.2) is 35.4 Å². The number of alkyl carbamates (subject to hydrolysis) is 2. The van der Waals surface area contributed by atoms with Crippen LogP contribution in [0.1, 0.15) is 59.3 Å². The van der Waals surface area contributed by atoms with Gasteiger partial charge in [-0.2, -0.15) is 0 Å². The van der Waals surface area contributed by atoms with E-state index in [-0.39, 0.29) is 19.8 Å². The van der Waals surface area contributed by atoms with Crippen molar-refractivity contribution in [2.75, 3.05) is 33.0 Å². The number of aliphatic hydroxyl groups excluding tert-OH is 1. The lowest BCUT2D eigenvalue weighted by Crippen LogP contribution is -2.67. The van der Waals surface area contributed by atoms with Gasteiger partial charge in [0.05, 0.1) is 49.7 Å². The van der Waals surface area contributed by atoms with Crippen LogP contribution in [0.3, 0.4) is 0 Å². The minimum atomic E-state index is -1.94. The number of hydrogen-bond donors (Lipinski definition) is 3. The lowest BCUT2D eigenvalue weighted by Gasteiger charge is -2.52. The van der Waals surface area contributed by atoms with Crippen molar-refractivity contribution in [2.45, 2.75) is 141 Å². The number of nitrogens with zero attached hydrogens (tertiary/aromatic N) is 3. The molecule has 0 saturated carbocycles. The fraction of sp³-hybridized carbons (Fsp3) is 0.769. The minimum absolute atomic E-state index is 0.00255. The topological polar surface area (TPSA) is 246 Å². The molecule has 0 aliphatic carbocycles. The van der Waals surface area contributed by atoms with Crippen LogP contribution in [-0.4, -0.2) is 144 Å². The maximum atomic E-state index is 13.4. The SMILES string of the molecule is CCC1O[C@@H](OCCN=[N+]=[N-])C(NC(=O)OCC(Cl)(Cl)Cl)[C@@H](C)[C@@H]1O[C@@H]1OC(CC)[C@@H](O[C@@H]2OC3COC(c4ccccc4)O[C@H]3[C@H](O)C2OC(C)=O)[C@H](C)C1NC(=O)OCC(Cl)(Cl)Cl. The monoisotopic (exact) mass is 1040 g/mol. The van der Waals surface area contributed by atoms with E-state index < -0.39 is 137 Å². The number of carbonyl (C=O) groups excluding carboxylic acids is 3. The van der Waals surface area contributed by atoms with Crippen LogP contribution in [0.4, 0.5) is 9.59 Å². The van der Waals surface area contributed by atoms with Gasteiger partial charge in [-0.3, -0.25) is 4.79 Å². The Bertz CT molecular complexity index is 1770. The number of aliphatic hydroxyl groups is 1. The zero-order chi connectivity index (χ0) is 47.6. The molecule has 5 rings (SSSR count). The lowest BCUT2D eigenvalue weighted by atomic mass is 9.85. The van der Waals surface area contributed by atoms with Crippen molar-refractivity contribution in [1.29, 1.82) is 0 Å². The summed E-state index contributed by atoms with van der Waals surface area (Å²) in [5, 5.41) is 20.7. The Labute approximate surface area is 405 Å². The van der Waals surface area contributed by atoms with Gasteiger partial charge in [0.2, 0.25) is 7.59 Å². The first-order valence-corrected chi connectivity index (χ1v) is 23.1. The third-order valence-corrected chi connectivity index (χ3v) is 11.7. The molecule has 20 nitrogen and oxygen atoms in total. The van der Waals surface area contributed by atoms with E-state index in [1.54, 1.807) is 13.8 Å². The van der Waals surface area contributed by atoms with Crippen LogP contribution in [-0.2, 0) is 56.9 Å². The number of ether oxygens (including phenoxy) is 11. The van der Waals surface area contributed by atoms with Crippen LogP contribution in [0.2, 0.25) is 0 Å². The molecule has 16 atom stereocenters. The average molecular weight is 1040 g/mol. The summed E-state index contributed by atoms with van der Waals surface area (Å²) in [6, 6.07) is 7.06. The Hall–Kier alpha value is -2.08. The van der Waals surface area contributed by atoms with Gasteiger partial charge in [-0.05, 0) is 18.4 Å². The zero-order valence-electron chi connectivity index (χ0n) is 35.8. The zero-order valence-corrected chi connectivity index (χ0v) is 40.4. The average Bonchev–Trinajstić information content (AvgIpc) is 3.25. The molecule has 0 aromatic heterocycles. The summed E-state index contributed by atoms with van der Waals surface area (Å²) in [5.74, 6) is -2.08. The van der Waals surface area contributed by atoms with Gasteiger partial charge < -0.3 is 67.8 Å². The van der Waals surface area contributed by atoms with Crippen molar-refractivity contribution >= 4 is 87.8 Å². The van der Waals surface area contributed by atoms with E-state index in [0.717, 1.165) is 0 Å². The second-order valence-corrected chi connectivity index (χ2v) is 20.7. The Kier molecular flexibility index (Phi) is 20.3. The number of nitrogens with one attached hydrogen (secondary N) is 2. The first kappa shape index (κ1) is 53.9. The fourth-order valence-corrected chi connectivity index (χ4v) is 8.30. The first-order chi connectivity index (χ1) is 30.7. The molecule has 366 valence electrons. The van der Waals surface area contributed by atoms with Crippen molar-refractivity contribution in [3.63, 3.8) is 0 Å². The number of amides is 2. The molecule has 0 bridgehead atoms. The number of benzene rings is 1. The van der Waals surface area contributed by atoms with Gasteiger partial charge in [0.15, 0.2) is 31.3 Å². The van der Waals surface area contributed by atoms with Crippen molar-refractivity contribution in [1.82, 2.24) is 10.6 Å². The number of azide groups is 1. The second kappa shape index (κ2) is 24.5. The highest BCUT2D eigenvalue weighted by atomic mass is 35.6. The molecule has 0 radical (unpaired) electrons. The van der Waals surface area contributed by atoms with Crippen LogP contribution in [0.25, 0.3) is 10.4 Å². The fourth-order valence-electron chi connectivity index (χ4n) is 7.98. The number of hydrogen-bond acceptors (Lipinski definition) is 16. The number of halogens is 6. The molecule has 4 aliphatic rings. The molecule has 2 amide bonds. The Balaban J connectivity index is 1.41. The van der Waals surface area contributed by atoms with Crippen LogP contribution >= 0.6 is 69.6 Å². The van der Waals surface area contributed by atoms with E-state index in [2.05, 4.69) is 20.7 Å². The molecule has 1 aromatic carbocycles. The maximum Gasteiger partial charge on any atom is 0.407 e.